The standard InChI is InChI=1S/C16H24ClN/c17-12-6-8-14-7-5-11-16(13-14)18-15-9-3-1-2-4-10-15/h5,7,11,13,15,18H,1-4,6,8-10,12H2. The minimum absolute atomic E-state index is 0.677. The number of hydrogen-bond donors (Lipinski definition) is 1. The molecule has 0 bridgehead atoms. The molecule has 100 valence electrons. The first-order valence-electron chi connectivity index (χ1n) is 7.30. The van der Waals surface area contributed by atoms with Gasteiger partial charge in [-0.1, -0.05) is 37.8 Å². The second-order valence-electron chi connectivity index (χ2n) is 5.33. The van der Waals surface area contributed by atoms with Gasteiger partial charge in [0.15, 0.2) is 0 Å². The van der Waals surface area contributed by atoms with E-state index in [4.69, 9.17) is 11.6 Å². The lowest BCUT2D eigenvalue weighted by Crippen LogP contribution is -2.18. The van der Waals surface area contributed by atoms with E-state index >= 15 is 0 Å². The third-order valence-electron chi connectivity index (χ3n) is 3.75. The summed E-state index contributed by atoms with van der Waals surface area (Å²) in [4.78, 5) is 0. The van der Waals surface area contributed by atoms with Crippen molar-refractivity contribution in [1.29, 1.82) is 0 Å². The number of anilines is 1. The van der Waals surface area contributed by atoms with Crippen LogP contribution in [0, 0.1) is 0 Å². The predicted molar refractivity (Wildman–Crippen MR) is 80.6 cm³/mol. The van der Waals surface area contributed by atoms with Gasteiger partial charge in [0.25, 0.3) is 0 Å². The van der Waals surface area contributed by atoms with Crippen LogP contribution >= 0.6 is 11.6 Å². The van der Waals surface area contributed by atoms with Crippen molar-refractivity contribution >= 4 is 17.3 Å². The van der Waals surface area contributed by atoms with Gasteiger partial charge in [-0.15, -0.1) is 11.6 Å². The van der Waals surface area contributed by atoms with Crippen molar-refractivity contribution in [2.45, 2.75) is 57.4 Å². The van der Waals surface area contributed by atoms with Crippen LogP contribution in [0.4, 0.5) is 5.69 Å². The summed E-state index contributed by atoms with van der Waals surface area (Å²) in [6, 6.07) is 9.51. The second kappa shape index (κ2) is 7.68. The Morgan fingerprint density at radius 1 is 1.11 bits per heavy atom. The average Bonchev–Trinajstić information content (AvgIpc) is 2.65. The number of halogens is 1. The maximum atomic E-state index is 5.75. The maximum Gasteiger partial charge on any atom is 0.0345 e. The number of benzene rings is 1. The molecule has 0 saturated heterocycles. The van der Waals surface area contributed by atoms with Crippen molar-refractivity contribution in [3.05, 3.63) is 29.8 Å². The smallest absolute Gasteiger partial charge is 0.0345 e. The van der Waals surface area contributed by atoms with Gasteiger partial charge in [0, 0.05) is 17.6 Å². The molecule has 1 aromatic rings. The van der Waals surface area contributed by atoms with E-state index < -0.39 is 0 Å². The molecule has 1 aliphatic carbocycles. The summed E-state index contributed by atoms with van der Waals surface area (Å²) in [7, 11) is 0. The normalized spacial score (nSPS) is 17.4. The van der Waals surface area contributed by atoms with Crippen LogP contribution in [-0.4, -0.2) is 11.9 Å². The summed E-state index contributed by atoms with van der Waals surface area (Å²) in [5, 5.41) is 3.70. The zero-order chi connectivity index (χ0) is 12.6. The van der Waals surface area contributed by atoms with Crippen LogP contribution in [0.5, 0.6) is 0 Å². The molecule has 18 heavy (non-hydrogen) atoms. The summed E-state index contributed by atoms with van der Waals surface area (Å²) in [6.45, 7) is 0. The molecule has 0 unspecified atom stereocenters. The van der Waals surface area contributed by atoms with Gasteiger partial charge in [-0.3, -0.25) is 0 Å². The van der Waals surface area contributed by atoms with Gasteiger partial charge in [-0.2, -0.15) is 0 Å². The van der Waals surface area contributed by atoms with Gasteiger partial charge in [-0.25, -0.2) is 0 Å². The third-order valence-corrected chi connectivity index (χ3v) is 4.02. The third kappa shape index (κ3) is 4.53. The van der Waals surface area contributed by atoms with Crippen molar-refractivity contribution in [3.63, 3.8) is 0 Å². The molecular formula is C16H24ClN. The lowest BCUT2D eigenvalue weighted by Gasteiger charge is -2.18. The highest BCUT2D eigenvalue weighted by molar-refractivity contribution is 6.17. The molecule has 1 nitrogen and oxygen atoms in total. The first-order chi connectivity index (χ1) is 8.88. The molecule has 0 radical (unpaired) electrons. The fraction of sp³-hybridized carbons (Fsp3) is 0.625. The Labute approximate surface area is 116 Å². The van der Waals surface area contributed by atoms with Crippen molar-refractivity contribution in [3.8, 4) is 0 Å². The Kier molecular flexibility index (Phi) is 5.86. The Morgan fingerprint density at radius 2 is 1.89 bits per heavy atom. The highest BCUT2D eigenvalue weighted by atomic mass is 35.5. The van der Waals surface area contributed by atoms with Gasteiger partial charge >= 0.3 is 0 Å². The Bertz CT molecular complexity index is 343. The van der Waals surface area contributed by atoms with E-state index in [-0.39, 0.29) is 0 Å². The zero-order valence-electron chi connectivity index (χ0n) is 11.1. The molecule has 0 heterocycles. The summed E-state index contributed by atoms with van der Waals surface area (Å²) in [6.07, 6.45) is 10.4. The fourth-order valence-corrected chi connectivity index (χ4v) is 2.88. The first kappa shape index (κ1) is 13.7. The molecular weight excluding hydrogens is 242 g/mol. The molecule has 0 atom stereocenters. The number of alkyl halides is 1. The summed E-state index contributed by atoms with van der Waals surface area (Å²) < 4.78 is 0. The molecule has 1 aromatic carbocycles. The van der Waals surface area contributed by atoms with Gasteiger partial charge in [-0.05, 0) is 43.4 Å². The molecule has 2 rings (SSSR count). The van der Waals surface area contributed by atoms with E-state index in [0.29, 0.717) is 6.04 Å². The second-order valence-corrected chi connectivity index (χ2v) is 5.70. The Hall–Kier alpha value is -0.690. The van der Waals surface area contributed by atoms with Gasteiger partial charge < -0.3 is 5.32 Å². The van der Waals surface area contributed by atoms with Crippen LogP contribution in [0.15, 0.2) is 24.3 Å². The summed E-state index contributed by atoms with van der Waals surface area (Å²) in [5.74, 6) is 0.750. The summed E-state index contributed by atoms with van der Waals surface area (Å²) >= 11 is 5.75. The van der Waals surface area contributed by atoms with Gasteiger partial charge in [0.1, 0.15) is 0 Å². The van der Waals surface area contributed by atoms with Crippen molar-refractivity contribution < 1.29 is 0 Å². The molecule has 0 aromatic heterocycles. The number of hydrogen-bond acceptors (Lipinski definition) is 1. The number of rotatable bonds is 5. The quantitative estimate of drug-likeness (QED) is 0.584. The van der Waals surface area contributed by atoms with Crippen LogP contribution in [0.3, 0.4) is 0 Å². The van der Waals surface area contributed by atoms with Crippen LogP contribution in [-0.2, 0) is 6.42 Å². The van der Waals surface area contributed by atoms with Gasteiger partial charge in [0.05, 0.1) is 0 Å². The maximum absolute atomic E-state index is 5.75. The molecule has 0 spiro atoms. The SMILES string of the molecule is ClCCCc1cccc(NC2CCCCCC2)c1. The lowest BCUT2D eigenvalue weighted by atomic mass is 10.1. The average molecular weight is 266 g/mol. The van der Waals surface area contributed by atoms with E-state index in [1.165, 1.54) is 49.8 Å². The van der Waals surface area contributed by atoms with E-state index in [1.807, 2.05) is 0 Å². The van der Waals surface area contributed by atoms with Crippen molar-refractivity contribution in [2.75, 3.05) is 11.2 Å². The number of aryl methyl sites for hydroxylation is 1. The lowest BCUT2D eigenvalue weighted by molar-refractivity contribution is 0.620. The van der Waals surface area contributed by atoms with E-state index in [9.17, 15) is 0 Å². The molecule has 2 heteroatoms. The van der Waals surface area contributed by atoms with Crippen LogP contribution in [0.2, 0.25) is 0 Å². The fourth-order valence-electron chi connectivity index (χ4n) is 2.75. The molecule has 1 saturated carbocycles. The molecule has 1 N–H and O–H groups in total. The molecule has 0 amide bonds. The first-order valence-corrected chi connectivity index (χ1v) is 7.83. The van der Waals surface area contributed by atoms with E-state index in [2.05, 4.69) is 29.6 Å². The highest BCUT2D eigenvalue weighted by Crippen LogP contribution is 2.22. The van der Waals surface area contributed by atoms with Crippen LogP contribution in [0.25, 0.3) is 0 Å². The van der Waals surface area contributed by atoms with Crippen LogP contribution < -0.4 is 5.32 Å². The minimum atomic E-state index is 0.677. The molecule has 0 aliphatic heterocycles. The predicted octanol–water partition coefficient (Wildman–Crippen LogP) is 4.99. The Morgan fingerprint density at radius 3 is 2.61 bits per heavy atom. The summed E-state index contributed by atoms with van der Waals surface area (Å²) in [5.41, 5.74) is 2.68. The van der Waals surface area contributed by atoms with Crippen LogP contribution in [0.1, 0.15) is 50.5 Å². The Balaban J connectivity index is 1.91. The largest absolute Gasteiger partial charge is 0.382 e. The van der Waals surface area contributed by atoms with E-state index in [0.717, 1.165) is 18.7 Å². The van der Waals surface area contributed by atoms with E-state index in [1.54, 1.807) is 0 Å². The van der Waals surface area contributed by atoms with Crippen molar-refractivity contribution in [2.24, 2.45) is 0 Å². The zero-order valence-corrected chi connectivity index (χ0v) is 11.9. The van der Waals surface area contributed by atoms with Crippen molar-refractivity contribution in [1.82, 2.24) is 0 Å². The topological polar surface area (TPSA) is 12.0 Å². The highest BCUT2D eigenvalue weighted by Gasteiger charge is 2.11. The number of nitrogens with one attached hydrogen (secondary N) is 1. The van der Waals surface area contributed by atoms with Gasteiger partial charge in [0.2, 0.25) is 0 Å². The molecule has 1 fully saturated rings. The minimum Gasteiger partial charge on any atom is -0.382 e. The molecule has 1 aliphatic rings. The monoisotopic (exact) mass is 265 g/mol.